The van der Waals surface area contributed by atoms with Gasteiger partial charge in [0.15, 0.2) is 0 Å². The van der Waals surface area contributed by atoms with Crippen molar-refractivity contribution >= 4 is 17.5 Å². The van der Waals surface area contributed by atoms with Gasteiger partial charge in [0.2, 0.25) is 11.7 Å². The molecule has 1 amide bonds. The number of benzene rings is 2. The lowest BCUT2D eigenvalue weighted by molar-refractivity contribution is -0.121. The Balaban J connectivity index is 1.59. The molecule has 7 nitrogen and oxygen atoms in total. The standard InChI is InChI=1S/C24H21ClN4O3/c1-15-12-16(2)29(14-20(30)26-13-18-10-6-7-11-19(18)25)24(31)21(15)23-27-22(28-32-23)17-8-4-3-5-9-17/h3-12H,13-14H2,1-2H3,(H,26,30). The Morgan fingerprint density at radius 2 is 1.81 bits per heavy atom. The molecule has 2 heterocycles. The largest absolute Gasteiger partial charge is 0.350 e. The second-order valence-corrected chi connectivity index (χ2v) is 7.80. The maximum absolute atomic E-state index is 13.3. The quantitative estimate of drug-likeness (QED) is 0.478. The average Bonchev–Trinajstić information content (AvgIpc) is 3.26. The Bertz CT molecular complexity index is 1330. The number of hydrogen-bond acceptors (Lipinski definition) is 5. The molecular formula is C24H21ClN4O3. The van der Waals surface area contributed by atoms with Crippen molar-refractivity contribution in [2.45, 2.75) is 26.9 Å². The zero-order valence-corrected chi connectivity index (χ0v) is 18.4. The van der Waals surface area contributed by atoms with E-state index in [2.05, 4.69) is 15.5 Å². The predicted octanol–water partition coefficient (Wildman–Crippen LogP) is 4.15. The molecule has 2 aromatic carbocycles. The first-order chi connectivity index (χ1) is 15.4. The molecule has 0 bridgehead atoms. The average molecular weight is 449 g/mol. The molecule has 0 aliphatic rings. The molecule has 0 aliphatic carbocycles. The molecule has 0 spiro atoms. The van der Waals surface area contributed by atoms with E-state index in [4.69, 9.17) is 16.1 Å². The SMILES string of the molecule is Cc1cc(C)n(CC(=O)NCc2ccccc2Cl)c(=O)c1-c1nc(-c2ccccc2)no1. The van der Waals surface area contributed by atoms with E-state index < -0.39 is 0 Å². The van der Waals surface area contributed by atoms with Gasteiger partial charge in [-0.25, -0.2) is 0 Å². The monoisotopic (exact) mass is 448 g/mol. The second-order valence-electron chi connectivity index (χ2n) is 7.39. The Morgan fingerprint density at radius 3 is 2.56 bits per heavy atom. The summed E-state index contributed by atoms with van der Waals surface area (Å²) < 4.78 is 6.79. The van der Waals surface area contributed by atoms with E-state index >= 15 is 0 Å². The van der Waals surface area contributed by atoms with Crippen molar-refractivity contribution in [1.82, 2.24) is 20.0 Å². The summed E-state index contributed by atoms with van der Waals surface area (Å²) in [6.45, 7) is 3.72. The molecule has 32 heavy (non-hydrogen) atoms. The highest BCUT2D eigenvalue weighted by Crippen LogP contribution is 2.23. The summed E-state index contributed by atoms with van der Waals surface area (Å²) in [6.07, 6.45) is 0. The molecule has 2 aromatic heterocycles. The number of amides is 1. The molecule has 0 unspecified atom stereocenters. The fourth-order valence-electron chi connectivity index (χ4n) is 3.45. The summed E-state index contributed by atoms with van der Waals surface area (Å²) in [5.41, 5.74) is 2.86. The lowest BCUT2D eigenvalue weighted by Crippen LogP contribution is -2.34. The van der Waals surface area contributed by atoms with Crippen LogP contribution in [0.2, 0.25) is 5.02 Å². The molecule has 0 saturated carbocycles. The highest BCUT2D eigenvalue weighted by atomic mass is 35.5. The van der Waals surface area contributed by atoms with Crippen molar-refractivity contribution in [3.05, 3.63) is 92.9 Å². The molecule has 1 N–H and O–H groups in total. The molecule has 4 aromatic rings. The van der Waals surface area contributed by atoms with E-state index in [1.807, 2.05) is 54.6 Å². The van der Waals surface area contributed by atoms with Gasteiger partial charge >= 0.3 is 0 Å². The summed E-state index contributed by atoms with van der Waals surface area (Å²) in [5.74, 6) is 0.209. The normalized spacial score (nSPS) is 10.8. The smallest absolute Gasteiger partial charge is 0.264 e. The summed E-state index contributed by atoms with van der Waals surface area (Å²) >= 11 is 6.14. The Morgan fingerprint density at radius 1 is 1.09 bits per heavy atom. The number of rotatable bonds is 6. The van der Waals surface area contributed by atoms with Gasteiger partial charge in [0.1, 0.15) is 12.1 Å². The van der Waals surface area contributed by atoms with Crippen LogP contribution in [0.5, 0.6) is 0 Å². The van der Waals surface area contributed by atoms with Crippen LogP contribution in [0.25, 0.3) is 22.8 Å². The zero-order chi connectivity index (χ0) is 22.7. The Kier molecular flexibility index (Phi) is 6.18. The van der Waals surface area contributed by atoms with Crippen molar-refractivity contribution in [3.8, 4) is 22.8 Å². The number of carbonyl (C=O) groups is 1. The van der Waals surface area contributed by atoms with E-state index in [-0.39, 0.29) is 36.0 Å². The number of pyridine rings is 1. The number of hydrogen-bond donors (Lipinski definition) is 1. The van der Waals surface area contributed by atoms with Gasteiger partial charge in [-0.05, 0) is 37.1 Å². The van der Waals surface area contributed by atoms with Crippen molar-refractivity contribution < 1.29 is 9.32 Å². The van der Waals surface area contributed by atoms with E-state index in [9.17, 15) is 9.59 Å². The number of carbonyl (C=O) groups excluding carboxylic acids is 1. The van der Waals surface area contributed by atoms with Crippen molar-refractivity contribution in [2.24, 2.45) is 0 Å². The molecule has 162 valence electrons. The summed E-state index contributed by atoms with van der Waals surface area (Å²) in [4.78, 5) is 30.2. The minimum absolute atomic E-state index is 0.122. The Labute approximate surface area is 189 Å². The van der Waals surface area contributed by atoms with Gasteiger partial charge in [0.25, 0.3) is 11.4 Å². The first kappa shape index (κ1) is 21.5. The predicted molar refractivity (Wildman–Crippen MR) is 122 cm³/mol. The highest BCUT2D eigenvalue weighted by Gasteiger charge is 2.20. The minimum atomic E-state index is -0.362. The maximum atomic E-state index is 13.3. The van der Waals surface area contributed by atoms with Crippen molar-refractivity contribution in [3.63, 3.8) is 0 Å². The van der Waals surface area contributed by atoms with Crippen LogP contribution >= 0.6 is 11.6 Å². The van der Waals surface area contributed by atoms with Gasteiger partial charge in [-0.3, -0.25) is 9.59 Å². The van der Waals surface area contributed by atoms with Gasteiger partial charge in [-0.2, -0.15) is 4.98 Å². The van der Waals surface area contributed by atoms with Gasteiger partial charge < -0.3 is 14.4 Å². The summed E-state index contributed by atoms with van der Waals surface area (Å²) in [5, 5.41) is 7.38. The van der Waals surface area contributed by atoms with Crippen molar-refractivity contribution in [1.29, 1.82) is 0 Å². The van der Waals surface area contributed by atoms with Crippen molar-refractivity contribution in [2.75, 3.05) is 0 Å². The van der Waals surface area contributed by atoms with Gasteiger partial charge in [0.05, 0.1) is 0 Å². The van der Waals surface area contributed by atoms with E-state index in [1.165, 1.54) is 4.57 Å². The van der Waals surface area contributed by atoms with Gasteiger partial charge in [-0.15, -0.1) is 0 Å². The van der Waals surface area contributed by atoms with E-state index in [1.54, 1.807) is 19.9 Å². The van der Waals surface area contributed by atoms with Crippen LogP contribution in [-0.2, 0) is 17.9 Å². The van der Waals surface area contributed by atoms with Gasteiger partial charge in [0, 0.05) is 22.8 Å². The van der Waals surface area contributed by atoms with Gasteiger partial charge in [-0.1, -0.05) is 65.3 Å². The summed E-state index contributed by atoms with van der Waals surface area (Å²) in [6, 6.07) is 18.5. The number of aromatic nitrogens is 3. The van der Waals surface area contributed by atoms with Crippen LogP contribution in [0, 0.1) is 13.8 Å². The number of aryl methyl sites for hydroxylation is 2. The van der Waals surface area contributed by atoms with Crippen LogP contribution in [0.3, 0.4) is 0 Å². The van der Waals surface area contributed by atoms with Crippen LogP contribution in [0.1, 0.15) is 16.8 Å². The molecule has 0 fully saturated rings. The molecule has 0 radical (unpaired) electrons. The van der Waals surface area contributed by atoms with E-state index in [0.717, 1.165) is 11.1 Å². The fraction of sp³-hybridized carbons (Fsp3) is 0.167. The minimum Gasteiger partial charge on any atom is -0.350 e. The van der Waals surface area contributed by atoms with Crippen LogP contribution in [0.15, 0.2) is 70.0 Å². The molecular weight excluding hydrogens is 428 g/mol. The van der Waals surface area contributed by atoms with Crippen LogP contribution in [-0.4, -0.2) is 20.6 Å². The summed E-state index contributed by atoms with van der Waals surface area (Å²) in [7, 11) is 0. The number of nitrogens with zero attached hydrogens (tertiary/aromatic N) is 3. The molecule has 0 aliphatic heterocycles. The van der Waals surface area contributed by atoms with E-state index in [0.29, 0.717) is 22.1 Å². The number of nitrogens with one attached hydrogen (secondary N) is 1. The molecule has 8 heteroatoms. The first-order valence-electron chi connectivity index (χ1n) is 10.0. The van der Waals surface area contributed by atoms with Crippen LogP contribution in [0.4, 0.5) is 0 Å². The third-order valence-corrected chi connectivity index (χ3v) is 5.48. The number of halogens is 1. The molecule has 0 atom stereocenters. The highest BCUT2D eigenvalue weighted by molar-refractivity contribution is 6.31. The second kappa shape index (κ2) is 9.20. The lowest BCUT2D eigenvalue weighted by atomic mass is 10.1. The zero-order valence-electron chi connectivity index (χ0n) is 17.6. The third-order valence-electron chi connectivity index (χ3n) is 5.11. The first-order valence-corrected chi connectivity index (χ1v) is 10.4. The third kappa shape index (κ3) is 4.48. The lowest BCUT2D eigenvalue weighted by Gasteiger charge is -2.13. The van der Waals surface area contributed by atoms with Crippen LogP contribution < -0.4 is 10.9 Å². The topological polar surface area (TPSA) is 90.0 Å². The maximum Gasteiger partial charge on any atom is 0.264 e. The Hall–Kier alpha value is -3.71. The fourth-order valence-corrected chi connectivity index (χ4v) is 3.65. The molecule has 0 saturated heterocycles. The molecule has 4 rings (SSSR count).